The Labute approximate surface area is 182 Å². The van der Waals surface area contributed by atoms with Gasteiger partial charge >= 0.3 is 0 Å². The molecule has 0 unspecified atom stereocenters. The van der Waals surface area contributed by atoms with Gasteiger partial charge in [-0.05, 0) is 46.9 Å². The number of nitrogens with one attached hydrogen (secondary N) is 2. The van der Waals surface area contributed by atoms with Crippen molar-refractivity contribution < 1.29 is 14.3 Å². The molecule has 0 saturated carbocycles. The van der Waals surface area contributed by atoms with Crippen molar-refractivity contribution in [3.63, 3.8) is 0 Å². The molecule has 0 aliphatic rings. The lowest BCUT2D eigenvalue weighted by Crippen LogP contribution is -2.28. The first-order chi connectivity index (χ1) is 14.8. The van der Waals surface area contributed by atoms with Crippen molar-refractivity contribution in [2.45, 2.75) is 39.3 Å². The van der Waals surface area contributed by atoms with Gasteiger partial charge in [-0.2, -0.15) is 5.10 Å². The van der Waals surface area contributed by atoms with Crippen molar-refractivity contribution in [2.24, 2.45) is 0 Å². The summed E-state index contributed by atoms with van der Waals surface area (Å²) >= 11 is 0. The maximum Gasteiger partial charge on any atom is 0.258 e. The Kier molecular flexibility index (Phi) is 7.07. The molecular formula is C24H28N4O3. The molecule has 162 valence electrons. The van der Waals surface area contributed by atoms with E-state index in [-0.39, 0.29) is 30.4 Å². The third-order valence-corrected chi connectivity index (χ3v) is 4.66. The Morgan fingerprint density at radius 2 is 1.81 bits per heavy atom. The van der Waals surface area contributed by atoms with E-state index in [9.17, 15) is 9.59 Å². The van der Waals surface area contributed by atoms with Gasteiger partial charge in [-0.25, -0.2) is 0 Å². The molecule has 0 fully saturated rings. The Morgan fingerprint density at radius 1 is 1.03 bits per heavy atom. The maximum absolute atomic E-state index is 12.1. The molecule has 1 heterocycles. The molecule has 0 radical (unpaired) electrons. The van der Waals surface area contributed by atoms with Gasteiger partial charge < -0.3 is 15.4 Å². The van der Waals surface area contributed by atoms with Crippen LogP contribution < -0.4 is 15.4 Å². The van der Waals surface area contributed by atoms with Crippen LogP contribution in [0.2, 0.25) is 0 Å². The van der Waals surface area contributed by atoms with Crippen LogP contribution >= 0.6 is 0 Å². The van der Waals surface area contributed by atoms with E-state index >= 15 is 0 Å². The highest BCUT2D eigenvalue weighted by Crippen LogP contribution is 2.24. The Hall–Kier alpha value is -3.61. The van der Waals surface area contributed by atoms with Gasteiger partial charge in [0.05, 0.1) is 0 Å². The number of nitrogens with zero attached hydrogens (tertiary/aromatic N) is 2. The van der Waals surface area contributed by atoms with E-state index in [1.807, 2.05) is 42.5 Å². The van der Waals surface area contributed by atoms with Crippen molar-refractivity contribution >= 4 is 17.5 Å². The molecule has 3 rings (SSSR count). The minimum absolute atomic E-state index is 0.0604. The van der Waals surface area contributed by atoms with Crippen LogP contribution in [0.25, 0.3) is 0 Å². The molecule has 0 aliphatic heterocycles. The predicted octanol–water partition coefficient (Wildman–Crippen LogP) is 3.51. The zero-order chi connectivity index (χ0) is 22.3. The van der Waals surface area contributed by atoms with Crippen molar-refractivity contribution in [3.05, 3.63) is 78.1 Å². The largest absolute Gasteiger partial charge is 0.484 e. The molecule has 2 aromatic carbocycles. The highest BCUT2D eigenvalue weighted by Gasteiger charge is 2.13. The van der Waals surface area contributed by atoms with Gasteiger partial charge in [-0.3, -0.25) is 14.3 Å². The van der Waals surface area contributed by atoms with Crippen molar-refractivity contribution in [2.75, 3.05) is 11.9 Å². The van der Waals surface area contributed by atoms with E-state index in [0.29, 0.717) is 18.0 Å². The summed E-state index contributed by atoms with van der Waals surface area (Å²) in [6.45, 7) is 6.87. The Balaban J connectivity index is 1.44. The molecule has 2 N–H and O–H groups in total. The maximum atomic E-state index is 12.1. The fourth-order valence-electron chi connectivity index (χ4n) is 2.95. The van der Waals surface area contributed by atoms with Gasteiger partial charge in [0.1, 0.15) is 12.3 Å². The quantitative estimate of drug-likeness (QED) is 0.584. The topological polar surface area (TPSA) is 85.3 Å². The summed E-state index contributed by atoms with van der Waals surface area (Å²) in [4.78, 5) is 24.2. The number of benzene rings is 2. The second-order valence-electron chi connectivity index (χ2n) is 8.29. The molecule has 0 bridgehead atoms. The number of carbonyl (C=O) groups is 2. The first-order valence-corrected chi connectivity index (χ1v) is 10.2. The Morgan fingerprint density at radius 3 is 2.48 bits per heavy atom. The van der Waals surface area contributed by atoms with Crippen LogP contribution in [0.4, 0.5) is 5.69 Å². The van der Waals surface area contributed by atoms with Crippen LogP contribution in [-0.2, 0) is 28.1 Å². The highest BCUT2D eigenvalue weighted by molar-refractivity contribution is 5.90. The van der Waals surface area contributed by atoms with Crippen LogP contribution in [-0.4, -0.2) is 28.2 Å². The number of aromatic nitrogens is 2. The van der Waals surface area contributed by atoms with Crippen LogP contribution in [0.1, 0.15) is 31.9 Å². The molecule has 31 heavy (non-hydrogen) atoms. The van der Waals surface area contributed by atoms with Crippen LogP contribution in [0.15, 0.2) is 67.0 Å². The second-order valence-corrected chi connectivity index (χ2v) is 8.29. The van der Waals surface area contributed by atoms with Gasteiger partial charge in [0.25, 0.3) is 5.91 Å². The van der Waals surface area contributed by atoms with E-state index in [1.165, 1.54) is 5.56 Å². The monoisotopic (exact) mass is 420 g/mol. The van der Waals surface area contributed by atoms with Gasteiger partial charge in [0, 0.05) is 24.6 Å². The molecular weight excluding hydrogens is 392 g/mol. The molecule has 3 aromatic rings. The molecule has 7 nitrogen and oxygen atoms in total. The normalized spacial score (nSPS) is 11.1. The number of carbonyl (C=O) groups excluding carboxylic acids is 2. The number of rotatable bonds is 8. The SMILES string of the molecule is CC(C)(C)c1ccc(OCC(=O)NCc2cccc(NC(=O)Cn3cccn3)c2)cc1. The lowest BCUT2D eigenvalue weighted by Gasteiger charge is -2.19. The molecule has 0 spiro atoms. The zero-order valence-corrected chi connectivity index (χ0v) is 18.1. The van der Waals surface area contributed by atoms with Crippen LogP contribution in [0.3, 0.4) is 0 Å². The van der Waals surface area contributed by atoms with E-state index in [2.05, 4.69) is 36.5 Å². The van der Waals surface area contributed by atoms with Gasteiger partial charge in [0.15, 0.2) is 6.61 Å². The van der Waals surface area contributed by atoms with Crippen LogP contribution in [0, 0.1) is 0 Å². The van der Waals surface area contributed by atoms with Crippen molar-refractivity contribution in [1.82, 2.24) is 15.1 Å². The summed E-state index contributed by atoms with van der Waals surface area (Å²) in [6.07, 6.45) is 3.35. The molecule has 1 aromatic heterocycles. The Bertz CT molecular complexity index is 1010. The number of amides is 2. The standard InChI is InChI=1S/C24H28N4O3/c1-24(2,3)19-8-10-21(11-9-19)31-17-23(30)25-15-18-6-4-7-20(14-18)27-22(29)16-28-13-5-12-26-28/h4-14H,15-17H2,1-3H3,(H,25,30)(H,27,29). The fourth-order valence-corrected chi connectivity index (χ4v) is 2.95. The molecule has 2 amide bonds. The number of anilines is 1. The smallest absolute Gasteiger partial charge is 0.258 e. The zero-order valence-electron chi connectivity index (χ0n) is 18.1. The fraction of sp³-hybridized carbons (Fsp3) is 0.292. The highest BCUT2D eigenvalue weighted by atomic mass is 16.5. The summed E-state index contributed by atoms with van der Waals surface area (Å²) in [5.41, 5.74) is 2.82. The number of hydrogen-bond acceptors (Lipinski definition) is 4. The summed E-state index contributed by atoms with van der Waals surface area (Å²) < 4.78 is 7.12. The average molecular weight is 421 g/mol. The molecule has 7 heteroatoms. The summed E-state index contributed by atoms with van der Waals surface area (Å²) in [5, 5.41) is 9.68. The van der Waals surface area contributed by atoms with E-state index in [0.717, 1.165) is 5.56 Å². The molecule has 0 aliphatic carbocycles. The molecule has 0 atom stereocenters. The molecule has 0 saturated heterocycles. The van der Waals surface area contributed by atoms with E-state index in [4.69, 9.17) is 4.74 Å². The van der Waals surface area contributed by atoms with Crippen molar-refractivity contribution in [1.29, 1.82) is 0 Å². The summed E-state index contributed by atoms with van der Waals surface area (Å²) in [7, 11) is 0. The second kappa shape index (κ2) is 9.93. The lowest BCUT2D eigenvalue weighted by molar-refractivity contribution is -0.123. The third kappa shape index (κ3) is 6.99. The van der Waals surface area contributed by atoms with Crippen molar-refractivity contribution in [3.8, 4) is 5.75 Å². The van der Waals surface area contributed by atoms with E-state index in [1.54, 1.807) is 29.2 Å². The van der Waals surface area contributed by atoms with Gasteiger partial charge in [-0.1, -0.05) is 45.0 Å². The van der Waals surface area contributed by atoms with Gasteiger partial charge in [-0.15, -0.1) is 0 Å². The first kappa shape index (κ1) is 22.1. The van der Waals surface area contributed by atoms with Crippen LogP contribution in [0.5, 0.6) is 5.75 Å². The lowest BCUT2D eigenvalue weighted by atomic mass is 9.87. The van der Waals surface area contributed by atoms with Gasteiger partial charge in [0.2, 0.25) is 5.91 Å². The minimum atomic E-state index is -0.215. The van der Waals surface area contributed by atoms with E-state index < -0.39 is 0 Å². The average Bonchev–Trinajstić information content (AvgIpc) is 3.23. The summed E-state index contributed by atoms with van der Waals surface area (Å²) in [5.74, 6) is 0.272. The first-order valence-electron chi connectivity index (χ1n) is 10.2. The predicted molar refractivity (Wildman–Crippen MR) is 120 cm³/mol. The minimum Gasteiger partial charge on any atom is -0.484 e. The third-order valence-electron chi connectivity index (χ3n) is 4.66. The summed E-state index contributed by atoms with van der Waals surface area (Å²) in [6, 6.07) is 16.9. The number of hydrogen-bond donors (Lipinski definition) is 2. The number of ether oxygens (including phenoxy) is 1.